The molecule has 1 aromatic rings. The molecule has 2 unspecified atom stereocenters. The highest BCUT2D eigenvalue weighted by Gasteiger charge is 2.18. The Morgan fingerprint density at radius 2 is 2.44 bits per heavy atom. The zero-order valence-electron chi connectivity index (χ0n) is 10.7. The molecule has 0 radical (unpaired) electrons. The molecule has 1 heterocycles. The van der Waals surface area contributed by atoms with Gasteiger partial charge in [0.05, 0.1) is 0 Å². The van der Waals surface area contributed by atoms with E-state index in [1.54, 1.807) is 0 Å². The molecule has 0 amide bonds. The first-order chi connectivity index (χ1) is 8.65. The zero-order valence-corrected chi connectivity index (χ0v) is 10.7. The van der Waals surface area contributed by atoms with E-state index < -0.39 is 5.97 Å². The van der Waals surface area contributed by atoms with Crippen molar-refractivity contribution in [3.63, 3.8) is 0 Å². The van der Waals surface area contributed by atoms with Gasteiger partial charge in [-0.2, -0.15) is 4.98 Å². The number of nitrogens with one attached hydrogen (secondary N) is 1. The smallest absolute Gasteiger partial charge is 0.357 e. The van der Waals surface area contributed by atoms with Crippen LogP contribution in [0.15, 0.2) is 10.7 Å². The fraction of sp³-hybridized carbons (Fsp3) is 0.692. The molecule has 0 aliphatic heterocycles. The number of nitrogens with zero attached hydrogens (tertiary/aromatic N) is 1. The Bertz CT molecular complexity index is 403. The minimum atomic E-state index is -1.06. The molecule has 0 spiro atoms. The molecule has 0 saturated heterocycles. The quantitative estimate of drug-likeness (QED) is 0.842. The van der Waals surface area contributed by atoms with Crippen molar-refractivity contribution in [2.24, 2.45) is 11.8 Å². The van der Waals surface area contributed by atoms with Crippen molar-refractivity contribution in [2.75, 3.05) is 11.9 Å². The van der Waals surface area contributed by atoms with Gasteiger partial charge in [0.25, 0.3) is 6.01 Å². The number of carboxylic acids is 1. The molecular weight excluding hydrogens is 232 g/mol. The first-order valence-corrected chi connectivity index (χ1v) is 6.58. The summed E-state index contributed by atoms with van der Waals surface area (Å²) in [6.07, 6.45) is 7.54. The molecule has 2 atom stereocenters. The summed E-state index contributed by atoms with van der Waals surface area (Å²) in [6.45, 7) is 3.10. The Morgan fingerprint density at radius 1 is 1.61 bits per heavy atom. The number of rotatable bonds is 5. The van der Waals surface area contributed by atoms with Crippen molar-refractivity contribution < 1.29 is 14.3 Å². The van der Waals surface area contributed by atoms with Gasteiger partial charge in [-0.1, -0.05) is 26.2 Å². The van der Waals surface area contributed by atoms with E-state index in [1.165, 1.54) is 25.7 Å². The van der Waals surface area contributed by atoms with Crippen LogP contribution in [-0.2, 0) is 0 Å². The predicted octanol–water partition coefficient (Wildman–Crippen LogP) is 3.00. The van der Waals surface area contributed by atoms with Crippen molar-refractivity contribution in [1.82, 2.24) is 4.98 Å². The summed E-state index contributed by atoms with van der Waals surface area (Å²) in [5.41, 5.74) is -0.0520. The predicted molar refractivity (Wildman–Crippen MR) is 67.7 cm³/mol. The number of aromatic carboxylic acids is 1. The van der Waals surface area contributed by atoms with Crippen molar-refractivity contribution in [3.05, 3.63) is 12.0 Å². The minimum Gasteiger partial charge on any atom is -0.476 e. The fourth-order valence-electron chi connectivity index (χ4n) is 2.66. The topological polar surface area (TPSA) is 75.4 Å². The molecule has 100 valence electrons. The van der Waals surface area contributed by atoms with Crippen molar-refractivity contribution >= 4 is 12.0 Å². The van der Waals surface area contributed by atoms with Crippen LogP contribution in [0.4, 0.5) is 6.01 Å². The summed E-state index contributed by atoms with van der Waals surface area (Å²) in [4.78, 5) is 14.5. The standard InChI is InChI=1S/C13H20N2O3/c1-9-3-2-4-10(7-9)5-6-14-13-15-11(8-18-13)12(16)17/h8-10H,2-7H2,1H3,(H,14,15)(H,16,17). The Kier molecular flexibility index (Phi) is 4.23. The average molecular weight is 252 g/mol. The van der Waals surface area contributed by atoms with Gasteiger partial charge in [0.2, 0.25) is 0 Å². The molecule has 5 heteroatoms. The van der Waals surface area contributed by atoms with Gasteiger partial charge in [0.15, 0.2) is 5.69 Å². The first kappa shape index (κ1) is 12.9. The van der Waals surface area contributed by atoms with Crippen LogP contribution >= 0.6 is 0 Å². The highest BCUT2D eigenvalue weighted by molar-refractivity contribution is 5.85. The lowest BCUT2D eigenvalue weighted by Gasteiger charge is -2.26. The lowest BCUT2D eigenvalue weighted by atomic mass is 9.81. The average Bonchev–Trinajstić information content (AvgIpc) is 2.78. The van der Waals surface area contributed by atoms with Gasteiger partial charge in [-0.05, 0) is 24.7 Å². The molecule has 1 aromatic heterocycles. The highest BCUT2D eigenvalue weighted by Crippen LogP contribution is 2.30. The Hall–Kier alpha value is -1.52. The van der Waals surface area contributed by atoms with Crippen LogP contribution in [-0.4, -0.2) is 22.6 Å². The van der Waals surface area contributed by atoms with E-state index in [-0.39, 0.29) is 5.69 Å². The second-order valence-electron chi connectivity index (χ2n) is 5.20. The van der Waals surface area contributed by atoms with E-state index in [0.29, 0.717) is 6.01 Å². The van der Waals surface area contributed by atoms with E-state index in [2.05, 4.69) is 17.2 Å². The molecular formula is C13H20N2O3. The summed E-state index contributed by atoms with van der Waals surface area (Å²) >= 11 is 0. The lowest BCUT2D eigenvalue weighted by Crippen LogP contribution is -2.16. The third-order valence-corrected chi connectivity index (χ3v) is 3.60. The van der Waals surface area contributed by atoms with Gasteiger partial charge in [-0.25, -0.2) is 4.79 Å². The third-order valence-electron chi connectivity index (χ3n) is 3.60. The second-order valence-corrected chi connectivity index (χ2v) is 5.20. The van der Waals surface area contributed by atoms with Crippen molar-refractivity contribution in [2.45, 2.75) is 39.0 Å². The normalized spacial score (nSPS) is 23.8. The maximum atomic E-state index is 10.6. The second kappa shape index (κ2) is 5.89. The fourth-order valence-corrected chi connectivity index (χ4v) is 2.66. The summed E-state index contributed by atoms with van der Waals surface area (Å²) in [5, 5.41) is 11.7. The molecule has 0 aromatic carbocycles. The van der Waals surface area contributed by atoms with Crippen LogP contribution in [0, 0.1) is 11.8 Å². The van der Waals surface area contributed by atoms with E-state index in [0.717, 1.165) is 31.1 Å². The molecule has 2 N–H and O–H groups in total. The number of aromatic nitrogens is 1. The van der Waals surface area contributed by atoms with Crippen LogP contribution in [0.1, 0.15) is 49.5 Å². The van der Waals surface area contributed by atoms with Gasteiger partial charge < -0.3 is 14.8 Å². The van der Waals surface area contributed by atoms with Crippen LogP contribution in [0.3, 0.4) is 0 Å². The number of anilines is 1. The molecule has 1 saturated carbocycles. The van der Waals surface area contributed by atoms with Gasteiger partial charge in [0.1, 0.15) is 6.26 Å². The lowest BCUT2D eigenvalue weighted by molar-refractivity contribution is 0.0690. The molecule has 1 aliphatic rings. The molecule has 0 bridgehead atoms. The van der Waals surface area contributed by atoms with Crippen molar-refractivity contribution in [3.8, 4) is 0 Å². The largest absolute Gasteiger partial charge is 0.476 e. The number of hydrogen-bond acceptors (Lipinski definition) is 4. The van der Waals surface area contributed by atoms with Gasteiger partial charge >= 0.3 is 5.97 Å². The Balaban J connectivity index is 1.72. The summed E-state index contributed by atoms with van der Waals surface area (Å²) < 4.78 is 5.03. The Morgan fingerprint density at radius 3 is 3.11 bits per heavy atom. The van der Waals surface area contributed by atoms with Crippen LogP contribution < -0.4 is 5.32 Å². The van der Waals surface area contributed by atoms with Crippen LogP contribution in [0.25, 0.3) is 0 Å². The summed E-state index contributed by atoms with van der Waals surface area (Å²) in [6, 6.07) is 0.302. The highest BCUT2D eigenvalue weighted by atomic mass is 16.4. The molecule has 1 fully saturated rings. The van der Waals surface area contributed by atoms with Crippen molar-refractivity contribution in [1.29, 1.82) is 0 Å². The summed E-state index contributed by atoms with van der Waals surface area (Å²) in [7, 11) is 0. The molecule has 18 heavy (non-hydrogen) atoms. The third kappa shape index (κ3) is 3.48. The minimum absolute atomic E-state index is 0.0520. The maximum absolute atomic E-state index is 10.6. The van der Waals surface area contributed by atoms with Crippen LogP contribution in [0.2, 0.25) is 0 Å². The van der Waals surface area contributed by atoms with Gasteiger partial charge in [-0.15, -0.1) is 0 Å². The Labute approximate surface area is 107 Å². The SMILES string of the molecule is CC1CCCC(CCNc2nc(C(=O)O)co2)C1. The molecule has 5 nitrogen and oxygen atoms in total. The summed E-state index contributed by atoms with van der Waals surface area (Å²) in [5.74, 6) is 0.548. The monoisotopic (exact) mass is 252 g/mol. The van der Waals surface area contributed by atoms with Gasteiger partial charge in [0, 0.05) is 6.54 Å². The van der Waals surface area contributed by atoms with E-state index in [9.17, 15) is 4.79 Å². The van der Waals surface area contributed by atoms with E-state index >= 15 is 0 Å². The number of carboxylic acid groups (broad SMARTS) is 1. The number of oxazole rings is 1. The number of carbonyl (C=O) groups is 1. The maximum Gasteiger partial charge on any atom is 0.357 e. The zero-order chi connectivity index (χ0) is 13.0. The van der Waals surface area contributed by atoms with Crippen LogP contribution in [0.5, 0.6) is 0 Å². The van der Waals surface area contributed by atoms with E-state index in [1.807, 2.05) is 0 Å². The van der Waals surface area contributed by atoms with E-state index in [4.69, 9.17) is 9.52 Å². The molecule has 1 aliphatic carbocycles. The first-order valence-electron chi connectivity index (χ1n) is 6.58. The van der Waals surface area contributed by atoms with Gasteiger partial charge in [-0.3, -0.25) is 0 Å². The number of hydrogen-bond donors (Lipinski definition) is 2. The molecule has 2 rings (SSSR count).